The van der Waals surface area contributed by atoms with Crippen molar-refractivity contribution in [3.8, 4) is 11.4 Å². The van der Waals surface area contributed by atoms with E-state index in [4.69, 9.17) is 4.74 Å². The van der Waals surface area contributed by atoms with Crippen LogP contribution in [-0.2, 0) is 11.3 Å². The Balaban J connectivity index is 0.000000332. The van der Waals surface area contributed by atoms with E-state index >= 15 is 0 Å². The lowest BCUT2D eigenvalue weighted by atomic mass is 9.83. The van der Waals surface area contributed by atoms with Gasteiger partial charge in [-0.05, 0) is 43.9 Å². The van der Waals surface area contributed by atoms with Crippen molar-refractivity contribution in [3.63, 3.8) is 0 Å². The molecule has 0 saturated carbocycles. The third kappa shape index (κ3) is 4.52. The van der Waals surface area contributed by atoms with E-state index in [1.165, 1.54) is 19.3 Å². The largest absolute Gasteiger partial charge is 0.381 e. The van der Waals surface area contributed by atoms with Crippen LogP contribution < -0.4 is 5.56 Å². The van der Waals surface area contributed by atoms with E-state index in [1.54, 1.807) is 6.20 Å². The van der Waals surface area contributed by atoms with E-state index in [2.05, 4.69) is 45.5 Å². The van der Waals surface area contributed by atoms with Gasteiger partial charge >= 0.3 is 0 Å². The summed E-state index contributed by atoms with van der Waals surface area (Å²) >= 11 is 0. The summed E-state index contributed by atoms with van der Waals surface area (Å²) in [6.45, 7) is 4.86. The zero-order valence-corrected chi connectivity index (χ0v) is 18.8. The van der Waals surface area contributed by atoms with Crippen molar-refractivity contribution in [3.05, 3.63) is 71.3 Å². The van der Waals surface area contributed by atoms with Gasteiger partial charge in [0.25, 0.3) is 5.56 Å². The molecule has 4 heterocycles. The first-order chi connectivity index (χ1) is 16.1. The number of nitrogens with zero attached hydrogens (tertiary/aromatic N) is 5. The molecule has 8 nitrogen and oxygen atoms in total. The Morgan fingerprint density at radius 3 is 2.64 bits per heavy atom. The molecule has 1 aliphatic carbocycles. The highest BCUT2D eigenvalue weighted by molar-refractivity contribution is 5.91. The molecule has 6 rings (SSSR count). The van der Waals surface area contributed by atoms with Crippen LogP contribution in [0.5, 0.6) is 0 Å². The fraction of sp³-hybridized carbons (Fsp3) is 0.360. The number of para-hydroxylation sites is 1. The molecule has 4 aliphatic rings. The highest BCUT2D eigenvalue weighted by Crippen LogP contribution is 2.34. The molecular formula is C25H28N6O2. The summed E-state index contributed by atoms with van der Waals surface area (Å²) in [7, 11) is 0. The van der Waals surface area contributed by atoms with Crippen molar-refractivity contribution in [2.24, 2.45) is 5.41 Å². The number of nitrogens with one attached hydrogen (secondary N) is 1. The van der Waals surface area contributed by atoms with Gasteiger partial charge in [-0.3, -0.25) is 9.48 Å². The van der Waals surface area contributed by atoms with Crippen LogP contribution in [0.25, 0.3) is 28.0 Å². The molecule has 1 aromatic carbocycles. The standard InChI is InChI=1S/C20H18N6O.C5H10O/c1-20(9-7-14(8-10-20)25-12-4-11-21-25)13-26-16-6-3-2-5-15(16)17-18(24-26)19(27)23-22-17;1-2-4-6-5-3-1/h2-9,11-12H,10,13H2,1H3,(H,23,27);1-5H2. The highest BCUT2D eigenvalue weighted by atomic mass is 16.5. The predicted octanol–water partition coefficient (Wildman–Crippen LogP) is 4.12. The predicted molar refractivity (Wildman–Crippen MR) is 128 cm³/mol. The first-order valence-electron chi connectivity index (χ1n) is 11.4. The quantitative estimate of drug-likeness (QED) is 0.513. The van der Waals surface area contributed by atoms with Crippen LogP contribution >= 0.6 is 0 Å². The van der Waals surface area contributed by atoms with E-state index < -0.39 is 0 Å². The van der Waals surface area contributed by atoms with Gasteiger partial charge < -0.3 is 4.74 Å². The summed E-state index contributed by atoms with van der Waals surface area (Å²) < 4.78 is 8.85. The molecule has 1 aromatic heterocycles. The number of hydrogen-bond acceptors (Lipinski definition) is 5. The smallest absolute Gasteiger partial charge is 0.294 e. The van der Waals surface area contributed by atoms with Crippen LogP contribution in [0.2, 0.25) is 0 Å². The Morgan fingerprint density at radius 2 is 1.97 bits per heavy atom. The highest BCUT2D eigenvalue weighted by Gasteiger charge is 2.26. The van der Waals surface area contributed by atoms with Gasteiger partial charge in [0.05, 0.1) is 17.8 Å². The first kappa shape index (κ1) is 21.3. The molecule has 0 bridgehead atoms. The van der Waals surface area contributed by atoms with Crippen LogP contribution in [-0.4, -0.2) is 43.0 Å². The van der Waals surface area contributed by atoms with Crippen LogP contribution in [0.15, 0.2) is 65.7 Å². The van der Waals surface area contributed by atoms with Gasteiger partial charge in [-0.15, -0.1) is 0 Å². The molecule has 170 valence electrons. The summed E-state index contributed by atoms with van der Waals surface area (Å²) in [4.78, 5) is 12.1. The minimum absolute atomic E-state index is 0.114. The van der Waals surface area contributed by atoms with E-state index in [-0.39, 0.29) is 11.0 Å². The first-order valence-corrected chi connectivity index (χ1v) is 11.4. The van der Waals surface area contributed by atoms with Gasteiger partial charge in [0, 0.05) is 36.4 Å². The Hall–Kier alpha value is -3.52. The van der Waals surface area contributed by atoms with Crippen LogP contribution in [0.1, 0.15) is 32.6 Å². The topological polar surface area (TPSA) is 90.6 Å². The summed E-state index contributed by atoms with van der Waals surface area (Å²) in [6, 6.07) is 9.83. The molecule has 3 aliphatic heterocycles. The van der Waals surface area contributed by atoms with Gasteiger partial charge in [0.1, 0.15) is 5.69 Å². The Morgan fingerprint density at radius 1 is 1.12 bits per heavy atom. The van der Waals surface area contributed by atoms with Crippen LogP contribution in [0.4, 0.5) is 0 Å². The Labute approximate surface area is 191 Å². The third-order valence-corrected chi connectivity index (χ3v) is 6.16. The van der Waals surface area contributed by atoms with E-state index in [9.17, 15) is 4.79 Å². The van der Waals surface area contributed by atoms with E-state index in [0.717, 1.165) is 36.2 Å². The van der Waals surface area contributed by atoms with Gasteiger partial charge in [-0.1, -0.05) is 37.3 Å². The van der Waals surface area contributed by atoms with Crippen molar-refractivity contribution in [2.75, 3.05) is 13.2 Å². The lowest BCUT2D eigenvalue weighted by Gasteiger charge is -2.29. The van der Waals surface area contributed by atoms with Crippen molar-refractivity contribution in [1.29, 1.82) is 0 Å². The maximum absolute atomic E-state index is 12.1. The monoisotopic (exact) mass is 444 g/mol. The molecule has 1 atom stereocenters. The zero-order chi connectivity index (χ0) is 22.7. The number of hydrogen-bond donors (Lipinski definition) is 1. The number of allylic oxidation sites excluding steroid dienone is 4. The third-order valence-electron chi connectivity index (χ3n) is 6.16. The molecular weight excluding hydrogens is 416 g/mol. The molecule has 0 amide bonds. The van der Waals surface area contributed by atoms with Gasteiger partial charge in [-0.2, -0.15) is 15.3 Å². The summed E-state index contributed by atoms with van der Waals surface area (Å²) in [6.07, 6.45) is 15.0. The molecule has 0 radical (unpaired) electrons. The molecule has 8 heteroatoms. The molecule has 33 heavy (non-hydrogen) atoms. The minimum Gasteiger partial charge on any atom is -0.381 e. The fourth-order valence-electron chi connectivity index (χ4n) is 4.29. The van der Waals surface area contributed by atoms with Crippen molar-refractivity contribution >= 4 is 16.6 Å². The van der Waals surface area contributed by atoms with Gasteiger partial charge in [0.15, 0.2) is 5.69 Å². The summed E-state index contributed by atoms with van der Waals surface area (Å²) in [5.74, 6) is 0. The van der Waals surface area contributed by atoms with Crippen LogP contribution in [0.3, 0.4) is 0 Å². The zero-order valence-electron chi connectivity index (χ0n) is 18.8. The molecule has 0 spiro atoms. The number of rotatable bonds is 3. The maximum Gasteiger partial charge on any atom is 0.294 e. The fourth-order valence-corrected chi connectivity index (χ4v) is 4.29. The summed E-state index contributed by atoms with van der Waals surface area (Å²) in [5, 5.41) is 16.5. The minimum atomic E-state index is -0.255. The number of aromatic nitrogens is 6. The SMILES string of the molecule is C1CCOCC1.CC1(Cn2nc3c(=O)[nH]nc-3c3ccccc32)C=CC(n2cccn2)=CC1. The van der Waals surface area contributed by atoms with Crippen molar-refractivity contribution in [1.82, 2.24) is 29.8 Å². The number of fused-ring (bicyclic) bond motifs is 3. The lowest BCUT2D eigenvalue weighted by molar-refractivity contribution is 0.0968. The molecule has 1 fully saturated rings. The molecule has 1 unspecified atom stereocenters. The van der Waals surface area contributed by atoms with E-state index in [1.807, 2.05) is 45.9 Å². The average molecular weight is 445 g/mol. The van der Waals surface area contributed by atoms with Crippen molar-refractivity contribution in [2.45, 2.75) is 39.2 Å². The summed E-state index contributed by atoms with van der Waals surface area (Å²) in [5.41, 5.74) is 2.66. The number of H-pyrrole nitrogens is 1. The number of aromatic amines is 1. The Bertz CT molecular complexity index is 1300. The van der Waals surface area contributed by atoms with Gasteiger partial charge in [0.2, 0.25) is 0 Å². The average Bonchev–Trinajstić information content (AvgIpc) is 3.52. The second kappa shape index (κ2) is 9.15. The van der Waals surface area contributed by atoms with E-state index in [0.29, 0.717) is 17.9 Å². The maximum atomic E-state index is 12.1. The number of benzene rings is 1. The lowest BCUT2D eigenvalue weighted by Crippen LogP contribution is -2.25. The Kier molecular flexibility index (Phi) is 5.92. The molecule has 2 aromatic rings. The normalized spacial score (nSPS) is 20.5. The second-order valence-electron chi connectivity index (χ2n) is 8.87. The van der Waals surface area contributed by atoms with Crippen molar-refractivity contribution < 1.29 is 4.74 Å². The molecule has 1 N–H and O–H groups in total. The molecule has 1 saturated heterocycles. The van der Waals surface area contributed by atoms with Crippen LogP contribution in [0, 0.1) is 5.41 Å². The second-order valence-corrected chi connectivity index (χ2v) is 8.87. The van der Waals surface area contributed by atoms with Gasteiger partial charge in [-0.25, -0.2) is 9.78 Å². The number of ether oxygens (including phenoxy) is 1.